The topological polar surface area (TPSA) is 66.5 Å². The number of carbonyl (C=O) groups excluding carboxylic acids is 1. The summed E-state index contributed by atoms with van der Waals surface area (Å²) in [6.45, 7) is 13.2. The standard InChI is InChI=1S/C13H28N2O3S/c1-10(12(2,3)4)14-11(16)9-15(13(5,6)7)19(8,17)18/h10H,9H2,1-8H3,(H,14,16)/t10-/m0/s1. The van der Waals surface area contributed by atoms with E-state index in [2.05, 4.69) is 5.32 Å². The van der Waals surface area contributed by atoms with Gasteiger partial charge in [0.2, 0.25) is 15.9 Å². The SMILES string of the molecule is C[C@H](NC(=O)CN(C(C)(C)C)S(C)(=O)=O)C(C)(C)C. The van der Waals surface area contributed by atoms with Gasteiger partial charge in [0.25, 0.3) is 0 Å². The van der Waals surface area contributed by atoms with Crippen LogP contribution in [0.15, 0.2) is 0 Å². The molecule has 6 heteroatoms. The molecule has 0 radical (unpaired) electrons. The van der Waals surface area contributed by atoms with E-state index < -0.39 is 15.6 Å². The summed E-state index contributed by atoms with van der Waals surface area (Å²) in [5.74, 6) is -0.275. The van der Waals surface area contributed by atoms with E-state index in [-0.39, 0.29) is 23.9 Å². The van der Waals surface area contributed by atoms with Crippen molar-refractivity contribution in [2.75, 3.05) is 12.8 Å². The number of hydrogen-bond donors (Lipinski definition) is 1. The average Bonchev–Trinajstić information content (AvgIpc) is 2.08. The summed E-state index contributed by atoms with van der Waals surface area (Å²) in [5.41, 5.74) is -0.677. The summed E-state index contributed by atoms with van der Waals surface area (Å²) in [6.07, 6.45) is 1.12. The van der Waals surface area contributed by atoms with Crippen LogP contribution in [0.2, 0.25) is 0 Å². The second-order valence-corrected chi connectivity index (χ2v) is 9.00. The summed E-state index contributed by atoms with van der Waals surface area (Å²) in [5, 5.41) is 2.85. The molecule has 0 aromatic rings. The first-order valence-electron chi connectivity index (χ1n) is 6.43. The molecule has 0 heterocycles. The molecule has 0 saturated carbocycles. The predicted octanol–water partition coefficient (Wildman–Crippen LogP) is 1.60. The summed E-state index contributed by atoms with van der Waals surface area (Å²) in [7, 11) is -3.42. The van der Waals surface area contributed by atoms with Gasteiger partial charge in [-0.3, -0.25) is 4.79 Å². The first-order valence-corrected chi connectivity index (χ1v) is 8.27. The third-order valence-electron chi connectivity index (χ3n) is 3.11. The molecule has 0 saturated heterocycles. The lowest BCUT2D eigenvalue weighted by molar-refractivity contribution is -0.123. The lowest BCUT2D eigenvalue weighted by atomic mass is 9.88. The van der Waals surface area contributed by atoms with Crippen LogP contribution in [0, 0.1) is 5.41 Å². The van der Waals surface area contributed by atoms with Gasteiger partial charge in [0.15, 0.2) is 0 Å². The van der Waals surface area contributed by atoms with Gasteiger partial charge < -0.3 is 5.32 Å². The third kappa shape index (κ3) is 6.38. The van der Waals surface area contributed by atoms with Crippen LogP contribution in [0.3, 0.4) is 0 Å². The van der Waals surface area contributed by atoms with Gasteiger partial charge in [0.05, 0.1) is 12.8 Å². The van der Waals surface area contributed by atoms with Gasteiger partial charge in [0.1, 0.15) is 0 Å². The summed E-state index contributed by atoms with van der Waals surface area (Å²) in [4.78, 5) is 12.0. The van der Waals surface area contributed by atoms with Crippen molar-refractivity contribution in [3.63, 3.8) is 0 Å². The predicted molar refractivity (Wildman–Crippen MR) is 78.4 cm³/mol. The first-order chi connectivity index (χ1) is 8.15. The Morgan fingerprint density at radius 1 is 1.16 bits per heavy atom. The molecule has 0 bridgehead atoms. The largest absolute Gasteiger partial charge is 0.352 e. The molecule has 19 heavy (non-hydrogen) atoms. The van der Waals surface area contributed by atoms with Crippen LogP contribution >= 0.6 is 0 Å². The molecule has 114 valence electrons. The first kappa shape index (κ1) is 18.4. The maximum absolute atomic E-state index is 12.0. The molecule has 0 spiro atoms. The van der Waals surface area contributed by atoms with E-state index in [9.17, 15) is 13.2 Å². The molecule has 0 aliphatic carbocycles. The van der Waals surface area contributed by atoms with Crippen molar-refractivity contribution in [1.82, 2.24) is 9.62 Å². The molecule has 1 amide bonds. The molecule has 1 atom stereocenters. The number of carbonyl (C=O) groups is 1. The molecule has 1 N–H and O–H groups in total. The van der Waals surface area contributed by atoms with E-state index in [1.54, 1.807) is 20.8 Å². The van der Waals surface area contributed by atoms with Gasteiger partial charge in [-0.25, -0.2) is 8.42 Å². The van der Waals surface area contributed by atoms with Crippen LogP contribution in [0.25, 0.3) is 0 Å². The average molecular weight is 292 g/mol. The van der Waals surface area contributed by atoms with E-state index in [1.807, 2.05) is 27.7 Å². The quantitative estimate of drug-likeness (QED) is 0.856. The Bertz CT molecular complexity index is 416. The van der Waals surface area contributed by atoms with Gasteiger partial charge in [-0.05, 0) is 33.1 Å². The highest BCUT2D eigenvalue weighted by molar-refractivity contribution is 7.88. The Kier molecular flexibility index (Phi) is 5.60. The number of amides is 1. The highest BCUT2D eigenvalue weighted by atomic mass is 32.2. The van der Waals surface area contributed by atoms with Crippen molar-refractivity contribution >= 4 is 15.9 Å². The van der Waals surface area contributed by atoms with E-state index >= 15 is 0 Å². The Hall–Kier alpha value is -0.620. The van der Waals surface area contributed by atoms with Crippen molar-refractivity contribution < 1.29 is 13.2 Å². The fraction of sp³-hybridized carbons (Fsp3) is 0.923. The summed E-state index contributed by atoms with van der Waals surface area (Å²) < 4.78 is 24.7. The van der Waals surface area contributed by atoms with Crippen molar-refractivity contribution in [3.05, 3.63) is 0 Å². The van der Waals surface area contributed by atoms with E-state index in [0.29, 0.717) is 0 Å². The van der Waals surface area contributed by atoms with Crippen LogP contribution in [-0.4, -0.2) is 43.0 Å². The minimum absolute atomic E-state index is 0.0265. The van der Waals surface area contributed by atoms with Gasteiger partial charge in [-0.1, -0.05) is 20.8 Å². The van der Waals surface area contributed by atoms with Crippen LogP contribution in [0.4, 0.5) is 0 Å². The smallest absolute Gasteiger partial charge is 0.235 e. The third-order valence-corrected chi connectivity index (χ3v) is 4.59. The fourth-order valence-corrected chi connectivity index (χ4v) is 2.83. The van der Waals surface area contributed by atoms with Gasteiger partial charge >= 0.3 is 0 Å². The maximum atomic E-state index is 12.0. The molecule has 0 aliphatic heterocycles. The zero-order chi connectivity index (χ0) is 15.6. The minimum Gasteiger partial charge on any atom is -0.352 e. The monoisotopic (exact) mass is 292 g/mol. The zero-order valence-electron chi connectivity index (χ0n) is 13.4. The highest BCUT2D eigenvalue weighted by Crippen LogP contribution is 2.19. The number of sulfonamides is 1. The van der Waals surface area contributed by atoms with E-state index in [1.165, 1.54) is 4.31 Å². The minimum atomic E-state index is -3.42. The number of rotatable bonds is 4. The van der Waals surface area contributed by atoms with Gasteiger partial charge in [0, 0.05) is 11.6 Å². The number of nitrogens with one attached hydrogen (secondary N) is 1. The van der Waals surface area contributed by atoms with Crippen molar-refractivity contribution in [2.24, 2.45) is 5.41 Å². The van der Waals surface area contributed by atoms with Gasteiger partial charge in [-0.2, -0.15) is 4.31 Å². The number of nitrogens with zero attached hydrogens (tertiary/aromatic N) is 1. The molecule has 5 nitrogen and oxygen atoms in total. The van der Waals surface area contributed by atoms with Crippen molar-refractivity contribution in [1.29, 1.82) is 0 Å². The van der Waals surface area contributed by atoms with Crippen molar-refractivity contribution in [2.45, 2.75) is 60.0 Å². The normalized spacial score (nSPS) is 15.4. The van der Waals surface area contributed by atoms with E-state index in [4.69, 9.17) is 0 Å². The van der Waals surface area contributed by atoms with Crippen molar-refractivity contribution in [3.8, 4) is 0 Å². The molecule has 0 aliphatic rings. The summed E-state index contributed by atoms with van der Waals surface area (Å²) in [6, 6.07) is -0.0265. The second-order valence-electron chi connectivity index (χ2n) is 7.10. The maximum Gasteiger partial charge on any atom is 0.235 e. The van der Waals surface area contributed by atoms with Crippen LogP contribution in [-0.2, 0) is 14.8 Å². The Morgan fingerprint density at radius 2 is 1.58 bits per heavy atom. The molecule has 0 unspecified atom stereocenters. The molecule has 0 aromatic heterocycles. The Morgan fingerprint density at radius 3 is 1.84 bits per heavy atom. The molecular weight excluding hydrogens is 264 g/mol. The molecular formula is C13H28N2O3S. The fourth-order valence-electron chi connectivity index (χ4n) is 1.49. The Labute approximate surface area is 117 Å². The Balaban J connectivity index is 4.87. The second kappa shape index (κ2) is 5.79. The molecule has 0 rings (SSSR count). The zero-order valence-corrected chi connectivity index (χ0v) is 14.2. The van der Waals surface area contributed by atoms with E-state index in [0.717, 1.165) is 6.26 Å². The van der Waals surface area contributed by atoms with Crippen LogP contribution in [0.1, 0.15) is 48.5 Å². The van der Waals surface area contributed by atoms with Crippen LogP contribution < -0.4 is 5.32 Å². The molecule has 0 aromatic carbocycles. The van der Waals surface area contributed by atoms with Gasteiger partial charge in [-0.15, -0.1) is 0 Å². The highest BCUT2D eigenvalue weighted by Gasteiger charge is 2.32. The number of hydrogen-bond acceptors (Lipinski definition) is 3. The lowest BCUT2D eigenvalue weighted by Gasteiger charge is -2.34. The van der Waals surface area contributed by atoms with Crippen LogP contribution in [0.5, 0.6) is 0 Å². The summed E-state index contributed by atoms with van der Waals surface area (Å²) >= 11 is 0. The molecule has 0 fully saturated rings. The lowest BCUT2D eigenvalue weighted by Crippen LogP contribution is -2.52.